The maximum Gasteiger partial charge on any atom is 0.126 e. The van der Waals surface area contributed by atoms with Gasteiger partial charge in [0.25, 0.3) is 0 Å². The first-order chi connectivity index (χ1) is 9.29. The quantitative estimate of drug-likeness (QED) is 0.455. The number of hydrogen-bond donors (Lipinski definition) is 0. The average Bonchev–Trinajstić information content (AvgIpc) is 2.45. The van der Waals surface area contributed by atoms with Gasteiger partial charge in [-0.3, -0.25) is 4.98 Å². The maximum atomic E-state index is 13.8. The molecule has 96 valence electrons. The summed E-state index contributed by atoms with van der Waals surface area (Å²) in [6, 6.07) is 10.6. The minimum absolute atomic E-state index is 0.175. The SMILES string of the molecule is [N-]=[N+]=NCc1ccc(CCc2ccccn2)c(F)c1. The summed E-state index contributed by atoms with van der Waals surface area (Å²) in [5.74, 6) is -0.262. The fourth-order valence-electron chi connectivity index (χ4n) is 1.81. The highest BCUT2D eigenvalue weighted by atomic mass is 19.1. The van der Waals surface area contributed by atoms with Crippen LogP contribution >= 0.6 is 0 Å². The van der Waals surface area contributed by atoms with Crippen LogP contribution in [0.2, 0.25) is 0 Å². The lowest BCUT2D eigenvalue weighted by Gasteiger charge is -2.05. The van der Waals surface area contributed by atoms with E-state index in [2.05, 4.69) is 15.0 Å². The molecule has 0 unspecified atom stereocenters. The second-order valence-electron chi connectivity index (χ2n) is 4.14. The van der Waals surface area contributed by atoms with Crippen molar-refractivity contribution in [2.24, 2.45) is 5.11 Å². The Morgan fingerprint density at radius 3 is 2.79 bits per heavy atom. The van der Waals surface area contributed by atoms with Crippen LogP contribution in [0.25, 0.3) is 10.4 Å². The fraction of sp³-hybridized carbons (Fsp3) is 0.214. The van der Waals surface area contributed by atoms with Crippen LogP contribution in [0, 0.1) is 5.82 Å². The first-order valence-electron chi connectivity index (χ1n) is 5.97. The molecule has 0 fully saturated rings. The molecule has 0 bridgehead atoms. The number of hydrogen-bond acceptors (Lipinski definition) is 2. The van der Waals surface area contributed by atoms with Gasteiger partial charge in [0.15, 0.2) is 0 Å². The summed E-state index contributed by atoms with van der Waals surface area (Å²) >= 11 is 0. The molecule has 2 rings (SSSR count). The Hall–Kier alpha value is -2.39. The van der Waals surface area contributed by atoms with Crippen LogP contribution in [0.1, 0.15) is 16.8 Å². The van der Waals surface area contributed by atoms with Crippen LogP contribution in [-0.2, 0) is 19.4 Å². The molecular formula is C14H13FN4. The lowest BCUT2D eigenvalue weighted by molar-refractivity contribution is 0.605. The van der Waals surface area contributed by atoms with Crippen molar-refractivity contribution in [2.75, 3.05) is 0 Å². The van der Waals surface area contributed by atoms with Crippen molar-refractivity contribution >= 4 is 0 Å². The number of nitrogens with zero attached hydrogens (tertiary/aromatic N) is 4. The molecule has 0 atom stereocenters. The van der Waals surface area contributed by atoms with E-state index in [0.717, 1.165) is 5.69 Å². The van der Waals surface area contributed by atoms with Crippen LogP contribution in [-0.4, -0.2) is 4.98 Å². The van der Waals surface area contributed by atoms with E-state index in [-0.39, 0.29) is 12.4 Å². The normalized spacial score (nSPS) is 9.95. The highest BCUT2D eigenvalue weighted by molar-refractivity contribution is 5.25. The van der Waals surface area contributed by atoms with Gasteiger partial charge in [0, 0.05) is 16.8 Å². The fourth-order valence-corrected chi connectivity index (χ4v) is 1.81. The highest BCUT2D eigenvalue weighted by Gasteiger charge is 2.04. The van der Waals surface area contributed by atoms with E-state index in [4.69, 9.17) is 5.53 Å². The summed E-state index contributed by atoms with van der Waals surface area (Å²) in [5.41, 5.74) is 10.5. The molecule has 1 aromatic carbocycles. The van der Waals surface area contributed by atoms with Crippen LogP contribution in [0.15, 0.2) is 47.7 Å². The molecule has 2 aromatic rings. The van der Waals surface area contributed by atoms with Crippen molar-refractivity contribution < 1.29 is 4.39 Å². The molecule has 0 aliphatic heterocycles. The van der Waals surface area contributed by atoms with E-state index in [9.17, 15) is 4.39 Å². The second kappa shape index (κ2) is 6.52. The van der Waals surface area contributed by atoms with Gasteiger partial charge in [0.2, 0.25) is 0 Å². The molecule has 0 aliphatic carbocycles. The molecule has 0 saturated carbocycles. The first kappa shape index (κ1) is 13.1. The molecule has 4 nitrogen and oxygen atoms in total. The number of pyridine rings is 1. The van der Waals surface area contributed by atoms with E-state index in [1.54, 1.807) is 18.3 Å². The molecule has 0 aliphatic rings. The van der Waals surface area contributed by atoms with Gasteiger partial charge in [-0.15, -0.1) is 0 Å². The molecule has 5 heteroatoms. The Bertz CT molecular complexity index is 592. The summed E-state index contributed by atoms with van der Waals surface area (Å²) in [6.07, 6.45) is 3.03. The van der Waals surface area contributed by atoms with Gasteiger partial charge in [0.1, 0.15) is 5.82 Å². The van der Waals surface area contributed by atoms with E-state index in [0.29, 0.717) is 24.0 Å². The Labute approximate surface area is 110 Å². The number of azide groups is 1. The molecule has 0 radical (unpaired) electrons. The third kappa shape index (κ3) is 3.79. The lowest BCUT2D eigenvalue weighted by atomic mass is 10.0. The van der Waals surface area contributed by atoms with Crippen LogP contribution in [0.4, 0.5) is 4.39 Å². The highest BCUT2D eigenvalue weighted by Crippen LogP contribution is 2.13. The van der Waals surface area contributed by atoms with E-state index >= 15 is 0 Å². The van der Waals surface area contributed by atoms with Gasteiger partial charge in [-0.1, -0.05) is 23.3 Å². The van der Waals surface area contributed by atoms with Crippen LogP contribution < -0.4 is 0 Å². The lowest BCUT2D eigenvalue weighted by Crippen LogP contribution is -1.97. The van der Waals surface area contributed by atoms with Gasteiger partial charge in [-0.2, -0.15) is 0 Å². The Kier molecular flexibility index (Phi) is 4.48. The monoisotopic (exact) mass is 256 g/mol. The molecule has 0 saturated heterocycles. The number of aromatic nitrogens is 1. The summed E-state index contributed by atoms with van der Waals surface area (Å²) in [5, 5.41) is 3.41. The van der Waals surface area contributed by atoms with E-state index < -0.39 is 0 Å². The van der Waals surface area contributed by atoms with Crippen molar-refractivity contribution in [3.63, 3.8) is 0 Å². The van der Waals surface area contributed by atoms with Gasteiger partial charge in [-0.05, 0) is 47.7 Å². The van der Waals surface area contributed by atoms with Crippen molar-refractivity contribution in [1.82, 2.24) is 4.98 Å². The summed E-state index contributed by atoms with van der Waals surface area (Å²) in [7, 11) is 0. The van der Waals surface area contributed by atoms with Crippen molar-refractivity contribution in [3.05, 3.63) is 75.7 Å². The minimum atomic E-state index is -0.262. The Balaban J connectivity index is 2.03. The smallest absolute Gasteiger partial charge is 0.126 e. The van der Waals surface area contributed by atoms with Crippen molar-refractivity contribution in [1.29, 1.82) is 0 Å². The zero-order valence-electron chi connectivity index (χ0n) is 10.3. The van der Waals surface area contributed by atoms with Crippen LogP contribution in [0.5, 0.6) is 0 Å². The summed E-state index contributed by atoms with van der Waals surface area (Å²) in [6.45, 7) is 0.175. The van der Waals surface area contributed by atoms with Crippen molar-refractivity contribution in [2.45, 2.75) is 19.4 Å². The summed E-state index contributed by atoms with van der Waals surface area (Å²) < 4.78 is 13.8. The zero-order valence-corrected chi connectivity index (χ0v) is 10.3. The maximum absolute atomic E-state index is 13.8. The summed E-state index contributed by atoms with van der Waals surface area (Å²) in [4.78, 5) is 6.86. The topological polar surface area (TPSA) is 61.7 Å². The van der Waals surface area contributed by atoms with E-state index in [1.165, 1.54) is 6.07 Å². The van der Waals surface area contributed by atoms with Gasteiger partial charge in [0.05, 0.1) is 6.54 Å². The van der Waals surface area contributed by atoms with Gasteiger partial charge in [-0.25, -0.2) is 4.39 Å². The second-order valence-corrected chi connectivity index (χ2v) is 4.14. The van der Waals surface area contributed by atoms with Gasteiger partial charge >= 0.3 is 0 Å². The number of halogens is 1. The molecule has 1 heterocycles. The third-order valence-electron chi connectivity index (χ3n) is 2.81. The predicted octanol–water partition coefficient (Wildman–Crippen LogP) is 3.82. The molecular weight excluding hydrogens is 243 g/mol. The standard InChI is InChI=1S/C14H13FN4/c15-14-9-11(10-18-19-16)4-5-12(14)6-7-13-3-1-2-8-17-13/h1-5,8-9H,6-7,10H2. The van der Waals surface area contributed by atoms with Crippen LogP contribution in [0.3, 0.4) is 0 Å². The zero-order chi connectivity index (χ0) is 13.5. The first-order valence-corrected chi connectivity index (χ1v) is 5.97. The Morgan fingerprint density at radius 2 is 2.11 bits per heavy atom. The number of aryl methyl sites for hydroxylation is 2. The van der Waals surface area contributed by atoms with E-state index in [1.807, 2.05) is 18.2 Å². The van der Waals surface area contributed by atoms with Crippen molar-refractivity contribution in [3.8, 4) is 0 Å². The molecule has 0 N–H and O–H groups in total. The molecule has 19 heavy (non-hydrogen) atoms. The average molecular weight is 256 g/mol. The minimum Gasteiger partial charge on any atom is -0.261 e. The largest absolute Gasteiger partial charge is 0.261 e. The molecule has 0 spiro atoms. The predicted molar refractivity (Wildman–Crippen MR) is 70.9 cm³/mol. The number of rotatable bonds is 5. The molecule has 1 aromatic heterocycles. The Morgan fingerprint density at radius 1 is 1.21 bits per heavy atom. The number of benzene rings is 1. The third-order valence-corrected chi connectivity index (χ3v) is 2.81. The molecule has 0 amide bonds. The van der Waals surface area contributed by atoms with Gasteiger partial charge < -0.3 is 0 Å².